The Morgan fingerprint density at radius 1 is 1.27 bits per heavy atom. The molecule has 0 aliphatic carbocycles. The van der Waals surface area contributed by atoms with Gasteiger partial charge in [-0.25, -0.2) is 14.4 Å². The fraction of sp³-hybridized carbons (Fsp3) is 0.267. The topological polar surface area (TPSA) is 121 Å². The standard InChI is InChI=1S/C15H16O7/c1-3-11(17)22-8(2)12-9(6-7-16)4-5-10(14(18)19)13(12)15(20)21/h3-5,8,16H,1,6-7H2,2H3,(H,18,19)(H,20,21). The van der Waals surface area contributed by atoms with Crippen LogP contribution in [0.2, 0.25) is 0 Å². The van der Waals surface area contributed by atoms with Crippen molar-refractivity contribution >= 4 is 17.9 Å². The molecular formula is C15H16O7. The minimum atomic E-state index is -1.45. The summed E-state index contributed by atoms with van der Waals surface area (Å²) in [6, 6.07) is 2.56. The van der Waals surface area contributed by atoms with E-state index < -0.39 is 35.1 Å². The van der Waals surface area contributed by atoms with Gasteiger partial charge in [-0.15, -0.1) is 0 Å². The normalized spacial score (nSPS) is 11.5. The number of carbonyl (C=O) groups excluding carboxylic acids is 1. The number of aliphatic hydroxyl groups excluding tert-OH is 1. The third-order valence-electron chi connectivity index (χ3n) is 3.03. The van der Waals surface area contributed by atoms with Crippen molar-refractivity contribution in [3.05, 3.63) is 47.0 Å². The molecule has 7 nitrogen and oxygen atoms in total. The van der Waals surface area contributed by atoms with Crippen LogP contribution in [0.3, 0.4) is 0 Å². The molecule has 3 N–H and O–H groups in total. The SMILES string of the molecule is C=CC(=O)OC(C)c1c(CCO)ccc(C(=O)O)c1C(=O)O. The second kappa shape index (κ2) is 7.37. The number of carboxylic acids is 2. The van der Waals surface area contributed by atoms with Crippen LogP contribution in [0, 0.1) is 0 Å². The lowest BCUT2D eigenvalue weighted by Crippen LogP contribution is -2.18. The molecule has 0 aliphatic heterocycles. The molecular weight excluding hydrogens is 292 g/mol. The Labute approximate surface area is 126 Å². The van der Waals surface area contributed by atoms with Crippen LogP contribution in [0.1, 0.15) is 44.9 Å². The summed E-state index contributed by atoms with van der Waals surface area (Å²) in [4.78, 5) is 34.0. The maximum atomic E-state index is 11.5. The minimum Gasteiger partial charge on any atom is -0.478 e. The zero-order chi connectivity index (χ0) is 16.9. The van der Waals surface area contributed by atoms with Crippen LogP contribution in [0.4, 0.5) is 0 Å². The molecule has 0 fully saturated rings. The molecule has 0 saturated carbocycles. The summed E-state index contributed by atoms with van der Waals surface area (Å²) in [5.74, 6) is -3.62. The van der Waals surface area contributed by atoms with E-state index in [1.54, 1.807) is 0 Å². The lowest BCUT2D eigenvalue weighted by atomic mass is 9.91. The van der Waals surface area contributed by atoms with E-state index in [1.165, 1.54) is 13.0 Å². The van der Waals surface area contributed by atoms with Crippen LogP contribution >= 0.6 is 0 Å². The molecule has 22 heavy (non-hydrogen) atoms. The number of rotatable bonds is 7. The summed E-state index contributed by atoms with van der Waals surface area (Å²) >= 11 is 0. The second-order valence-corrected chi connectivity index (χ2v) is 4.43. The van der Waals surface area contributed by atoms with Gasteiger partial charge in [0, 0.05) is 18.2 Å². The number of carboxylic acid groups (broad SMARTS) is 2. The van der Waals surface area contributed by atoms with Gasteiger partial charge in [-0.1, -0.05) is 12.6 Å². The van der Waals surface area contributed by atoms with Crippen molar-refractivity contribution in [2.24, 2.45) is 0 Å². The van der Waals surface area contributed by atoms with Gasteiger partial charge in [0.05, 0.1) is 11.1 Å². The summed E-state index contributed by atoms with van der Waals surface area (Å²) in [5.41, 5.74) is -0.417. The Morgan fingerprint density at radius 3 is 2.36 bits per heavy atom. The zero-order valence-corrected chi connectivity index (χ0v) is 11.9. The lowest BCUT2D eigenvalue weighted by Gasteiger charge is -2.20. The van der Waals surface area contributed by atoms with E-state index in [9.17, 15) is 19.5 Å². The van der Waals surface area contributed by atoms with Crippen molar-refractivity contribution in [3.8, 4) is 0 Å². The summed E-state index contributed by atoms with van der Waals surface area (Å²) in [6.45, 7) is 4.41. The maximum Gasteiger partial charge on any atom is 0.337 e. The van der Waals surface area contributed by atoms with E-state index in [0.717, 1.165) is 12.1 Å². The highest BCUT2D eigenvalue weighted by molar-refractivity contribution is 6.03. The Bertz CT molecular complexity index is 619. The van der Waals surface area contributed by atoms with Crippen LogP contribution in [-0.2, 0) is 16.0 Å². The molecule has 1 atom stereocenters. The van der Waals surface area contributed by atoms with Gasteiger partial charge < -0.3 is 20.1 Å². The minimum absolute atomic E-state index is 0.0525. The molecule has 118 valence electrons. The van der Waals surface area contributed by atoms with Crippen molar-refractivity contribution in [2.75, 3.05) is 6.61 Å². The van der Waals surface area contributed by atoms with Gasteiger partial charge in [0.2, 0.25) is 0 Å². The lowest BCUT2D eigenvalue weighted by molar-refractivity contribution is -0.142. The number of aliphatic hydroxyl groups is 1. The number of hydrogen-bond acceptors (Lipinski definition) is 5. The third-order valence-corrected chi connectivity index (χ3v) is 3.03. The number of carbonyl (C=O) groups is 3. The van der Waals surface area contributed by atoms with Gasteiger partial charge >= 0.3 is 17.9 Å². The highest BCUT2D eigenvalue weighted by atomic mass is 16.5. The molecule has 0 aromatic heterocycles. The van der Waals surface area contributed by atoms with E-state index in [1.807, 2.05) is 0 Å². The van der Waals surface area contributed by atoms with E-state index in [4.69, 9.17) is 14.9 Å². The predicted molar refractivity (Wildman–Crippen MR) is 75.9 cm³/mol. The largest absolute Gasteiger partial charge is 0.478 e. The highest BCUT2D eigenvalue weighted by Gasteiger charge is 2.27. The Kier molecular flexibility index (Phi) is 5.82. The van der Waals surface area contributed by atoms with Crippen molar-refractivity contribution < 1.29 is 34.4 Å². The highest BCUT2D eigenvalue weighted by Crippen LogP contribution is 2.29. The van der Waals surface area contributed by atoms with E-state index in [-0.39, 0.29) is 18.6 Å². The molecule has 1 aromatic carbocycles. The Hall–Kier alpha value is -2.67. The fourth-order valence-electron chi connectivity index (χ4n) is 2.16. The van der Waals surface area contributed by atoms with Crippen LogP contribution in [0.25, 0.3) is 0 Å². The van der Waals surface area contributed by atoms with Crippen LogP contribution in [-0.4, -0.2) is 39.8 Å². The number of ether oxygens (including phenoxy) is 1. The number of esters is 1. The van der Waals surface area contributed by atoms with Gasteiger partial charge in [-0.3, -0.25) is 0 Å². The average molecular weight is 308 g/mol. The van der Waals surface area contributed by atoms with Crippen LogP contribution in [0.15, 0.2) is 24.8 Å². The first-order valence-corrected chi connectivity index (χ1v) is 6.39. The van der Waals surface area contributed by atoms with Gasteiger partial charge in [0.1, 0.15) is 6.10 Å². The molecule has 0 bridgehead atoms. The molecule has 0 saturated heterocycles. The van der Waals surface area contributed by atoms with Crippen molar-refractivity contribution in [1.29, 1.82) is 0 Å². The molecule has 1 rings (SSSR count). The van der Waals surface area contributed by atoms with E-state index >= 15 is 0 Å². The Morgan fingerprint density at radius 2 is 1.91 bits per heavy atom. The number of aromatic carboxylic acids is 2. The molecule has 0 heterocycles. The van der Waals surface area contributed by atoms with Gasteiger partial charge in [0.25, 0.3) is 0 Å². The first-order chi connectivity index (χ1) is 10.3. The van der Waals surface area contributed by atoms with Crippen molar-refractivity contribution in [2.45, 2.75) is 19.4 Å². The van der Waals surface area contributed by atoms with Crippen LogP contribution < -0.4 is 0 Å². The summed E-state index contributed by atoms with van der Waals surface area (Å²) in [6.07, 6.45) is 0.0207. The smallest absolute Gasteiger partial charge is 0.337 e. The average Bonchev–Trinajstić information content (AvgIpc) is 2.46. The maximum absolute atomic E-state index is 11.5. The first kappa shape index (κ1) is 17.4. The molecule has 0 aliphatic rings. The van der Waals surface area contributed by atoms with Crippen molar-refractivity contribution in [1.82, 2.24) is 0 Å². The number of hydrogen-bond donors (Lipinski definition) is 3. The van der Waals surface area contributed by atoms with E-state index in [0.29, 0.717) is 5.56 Å². The summed E-state index contributed by atoms with van der Waals surface area (Å²) in [5, 5.41) is 27.5. The summed E-state index contributed by atoms with van der Waals surface area (Å²) < 4.78 is 5.00. The van der Waals surface area contributed by atoms with Gasteiger partial charge in [0.15, 0.2) is 0 Å². The molecule has 0 radical (unpaired) electrons. The van der Waals surface area contributed by atoms with Gasteiger partial charge in [-0.05, 0) is 25.0 Å². The quantitative estimate of drug-likeness (QED) is 0.514. The van der Waals surface area contributed by atoms with Crippen molar-refractivity contribution in [3.63, 3.8) is 0 Å². The molecule has 1 unspecified atom stereocenters. The monoisotopic (exact) mass is 308 g/mol. The molecule has 7 heteroatoms. The van der Waals surface area contributed by atoms with Gasteiger partial charge in [-0.2, -0.15) is 0 Å². The van der Waals surface area contributed by atoms with E-state index in [2.05, 4.69) is 6.58 Å². The zero-order valence-electron chi connectivity index (χ0n) is 11.9. The Balaban J connectivity index is 3.55. The molecule has 0 amide bonds. The third kappa shape index (κ3) is 3.70. The molecule has 0 spiro atoms. The second-order valence-electron chi connectivity index (χ2n) is 4.43. The number of benzene rings is 1. The summed E-state index contributed by atoms with van der Waals surface area (Å²) in [7, 11) is 0. The fourth-order valence-corrected chi connectivity index (χ4v) is 2.16. The first-order valence-electron chi connectivity index (χ1n) is 6.39. The van der Waals surface area contributed by atoms with Crippen LogP contribution in [0.5, 0.6) is 0 Å². The predicted octanol–water partition coefficient (Wildman–Crippen LogP) is 1.41. The molecule has 1 aromatic rings.